The number of hydrogen-bond donors (Lipinski definition) is 1. The number of ether oxygens (including phenoxy) is 1. The van der Waals surface area contributed by atoms with E-state index in [9.17, 15) is 4.39 Å². The van der Waals surface area contributed by atoms with E-state index in [0.717, 1.165) is 21.3 Å². The predicted octanol–water partition coefficient (Wildman–Crippen LogP) is 4.41. The maximum atomic E-state index is 14.1. The van der Waals surface area contributed by atoms with Crippen molar-refractivity contribution in [3.05, 3.63) is 63.4 Å². The summed E-state index contributed by atoms with van der Waals surface area (Å²) in [5.74, 6) is 0.628. The molecule has 2 aromatic rings. The summed E-state index contributed by atoms with van der Waals surface area (Å²) in [6, 6.07) is 11.2. The molecule has 0 aliphatic rings. The number of benzene rings is 2. The Morgan fingerprint density at radius 1 is 1.24 bits per heavy atom. The average Bonchev–Trinajstić information content (AvgIpc) is 2.45. The Bertz CT molecular complexity index is 630. The van der Waals surface area contributed by atoms with Crippen LogP contribution in [0.3, 0.4) is 0 Å². The maximum Gasteiger partial charge on any atom is 0.133 e. The Balaban J connectivity index is 2.24. The minimum Gasteiger partial charge on any atom is -0.496 e. The Kier molecular flexibility index (Phi) is 5.37. The van der Waals surface area contributed by atoms with Crippen LogP contribution in [-0.2, 0) is 6.42 Å². The lowest BCUT2D eigenvalue weighted by Gasteiger charge is -2.18. The van der Waals surface area contributed by atoms with E-state index in [-0.39, 0.29) is 11.9 Å². The number of aryl methyl sites for hydroxylation is 1. The van der Waals surface area contributed by atoms with Gasteiger partial charge in [0.1, 0.15) is 11.6 Å². The third-order valence-electron chi connectivity index (χ3n) is 3.54. The van der Waals surface area contributed by atoms with Crippen LogP contribution in [-0.4, -0.2) is 14.2 Å². The summed E-state index contributed by atoms with van der Waals surface area (Å²) < 4.78 is 20.2. The summed E-state index contributed by atoms with van der Waals surface area (Å²) in [6.07, 6.45) is 0.707. The zero-order chi connectivity index (χ0) is 15.4. The van der Waals surface area contributed by atoms with E-state index < -0.39 is 0 Å². The van der Waals surface area contributed by atoms with Crippen molar-refractivity contribution in [2.45, 2.75) is 19.4 Å². The maximum absolute atomic E-state index is 14.1. The van der Waals surface area contributed by atoms with E-state index in [1.165, 1.54) is 0 Å². The van der Waals surface area contributed by atoms with Crippen molar-refractivity contribution < 1.29 is 9.13 Å². The highest BCUT2D eigenvalue weighted by Gasteiger charge is 2.15. The van der Waals surface area contributed by atoms with Crippen LogP contribution in [0, 0.1) is 12.7 Å². The minimum absolute atomic E-state index is 0.0640. The summed E-state index contributed by atoms with van der Waals surface area (Å²) in [6.45, 7) is 1.89. The number of methoxy groups -OCH3 is 1. The van der Waals surface area contributed by atoms with Crippen LogP contribution in [0.25, 0.3) is 0 Å². The Morgan fingerprint density at radius 2 is 2.00 bits per heavy atom. The largest absolute Gasteiger partial charge is 0.496 e. The lowest BCUT2D eigenvalue weighted by atomic mass is 9.97. The zero-order valence-corrected chi connectivity index (χ0v) is 14.0. The summed E-state index contributed by atoms with van der Waals surface area (Å²) >= 11 is 3.48. The van der Waals surface area contributed by atoms with Crippen LogP contribution in [0.1, 0.15) is 22.7 Å². The van der Waals surface area contributed by atoms with Gasteiger partial charge in [-0.25, -0.2) is 4.39 Å². The van der Waals surface area contributed by atoms with Gasteiger partial charge in [0.2, 0.25) is 0 Å². The van der Waals surface area contributed by atoms with Gasteiger partial charge < -0.3 is 10.1 Å². The summed E-state index contributed by atoms with van der Waals surface area (Å²) in [4.78, 5) is 0. The van der Waals surface area contributed by atoms with Gasteiger partial charge in [0.25, 0.3) is 0 Å². The van der Waals surface area contributed by atoms with Gasteiger partial charge in [0.15, 0.2) is 0 Å². The zero-order valence-electron chi connectivity index (χ0n) is 12.4. The normalized spacial score (nSPS) is 12.2. The van der Waals surface area contributed by atoms with E-state index in [1.54, 1.807) is 13.2 Å². The highest BCUT2D eigenvalue weighted by molar-refractivity contribution is 9.10. The molecule has 0 spiro atoms. The molecule has 0 amide bonds. The molecule has 0 saturated heterocycles. The van der Waals surface area contributed by atoms with E-state index >= 15 is 0 Å². The molecule has 0 radical (unpaired) electrons. The van der Waals surface area contributed by atoms with Crippen molar-refractivity contribution in [3.8, 4) is 5.75 Å². The molecule has 2 rings (SSSR count). The van der Waals surface area contributed by atoms with Crippen molar-refractivity contribution >= 4 is 15.9 Å². The number of rotatable bonds is 5. The second-order valence-corrected chi connectivity index (χ2v) is 5.89. The first kappa shape index (κ1) is 16.0. The fraction of sp³-hybridized carbons (Fsp3) is 0.294. The monoisotopic (exact) mass is 351 g/mol. The van der Waals surface area contributed by atoms with Crippen molar-refractivity contribution in [3.63, 3.8) is 0 Å². The second kappa shape index (κ2) is 7.05. The van der Waals surface area contributed by atoms with E-state index in [4.69, 9.17) is 4.74 Å². The molecular formula is C17H19BrFNO. The van der Waals surface area contributed by atoms with Gasteiger partial charge in [0, 0.05) is 11.6 Å². The van der Waals surface area contributed by atoms with Crippen molar-refractivity contribution in [2.75, 3.05) is 14.2 Å². The molecule has 0 heterocycles. The first-order chi connectivity index (χ1) is 10.0. The fourth-order valence-electron chi connectivity index (χ4n) is 2.35. The summed E-state index contributed by atoms with van der Waals surface area (Å²) in [7, 11) is 3.49. The topological polar surface area (TPSA) is 21.3 Å². The number of likely N-dealkylation sites (N-methyl/N-ethyl adjacent to an activating group) is 1. The third-order valence-corrected chi connectivity index (χ3v) is 4.16. The smallest absolute Gasteiger partial charge is 0.133 e. The van der Waals surface area contributed by atoms with Gasteiger partial charge in [-0.1, -0.05) is 18.2 Å². The molecule has 4 heteroatoms. The minimum atomic E-state index is -0.165. The van der Waals surface area contributed by atoms with Crippen LogP contribution in [0.2, 0.25) is 0 Å². The lowest BCUT2D eigenvalue weighted by Crippen LogP contribution is -2.20. The molecule has 2 aromatic carbocycles. The molecule has 112 valence electrons. The first-order valence-electron chi connectivity index (χ1n) is 6.81. The molecule has 1 unspecified atom stereocenters. The van der Waals surface area contributed by atoms with Gasteiger partial charge in [-0.3, -0.25) is 0 Å². The molecule has 2 nitrogen and oxygen atoms in total. The Labute approximate surface area is 133 Å². The van der Waals surface area contributed by atoms with Gasteiger partial charge in [-0.2, -0.15) is 0 Å². The molecule has 21 heavy (non-hydrogen) atoms. The van der Waals surface area contributed by atoms with Crippen LogP contribution in [0.5, 0.6) is 5.75 Å². The third kappa shape index (κ3) is 3.83. The van der Waals surface area contributed by atoms with Crippen LogP contribution >= 0.6 is 15.9 Å². The van der Waals surface area contributed by atoms with E-state index in [2.05, 4.69) is 21.2 Å². The van der Waals surface area contributed by atoms with Gasteiger partial charge in [0.05, 0.1) is 11.6 Å². The summed E-state index contributed by atoms with van der Waals surface area (Å²) in [5, 5.41) is 3.19. The number of hydrogen-bond acceptors (Lipinski definition) is 2. The van der Waals surface area contributed by atoms with Crippen molar-refractivity contribution in [1.82, 2.24) is 5.32 Å². The lowest BCUT2D eigenvalue weighted by molar-refractivity contribution is 0.412. The highest BCUT2D eigenvalue weighted by atomic mass is 79.9. The Hall–Kier alpha value is -1.39. The van der Waals surface area contributed by atoms with Gasteiger partial charge >= 0.3 is 0 Å². The SMILES string of the molecule is CNC(Cc1ccc(OC)c(Br)c1)c1ccc(C)cc1F. The first-order valence-corrected chi connectivity index (χ1v) is 7.60. The fourth-order valence-corrected chi connectivity index (χ4v) is 2.94. The standard InChI is InChI=1S/C17H19BrFNO/c1-11-4-6-13(15(19)8-11)16(20-2)10-12-5-7-17(21-3)14(18)9-12/h4-9,16,20H,10H2,1-3H3. The number of halogens is 2. The molecule has 0 bridgehead atoms. The van der Waals surface area contributed by atoms with Crippen LogP contribution < -0.4 is 10.1 Å². The van der Waals surface area contributed by atoms with Gasteiger partial charge in [-0.05, 0) is 65.6 Å². The van der Waals surface area contributed by atoms with Crippen LogP contribution in [0.4, 0.5) is 4.39 Å². The molecular weight excluding hydrogens is 333 g/mol. The van der Waals surface area contributed by atoms with Crippen molar-refractivity contribution in [1.29, 1.82) is 0 Å². The van der Waals surface area contributed by atoms with Crippen molar-refractivity contribution in [2.24, 2.45) is 0 Å². The molecule has 0 fully saturated rings. The molecule has 0 aliphatic heterocycles. The predicted molar refractivity (Wildman–Crippen MR) is 87.3 cm³/mol. The highest BCUT2D eigenvalue weighted by Crippen LogP contribution is 2.28. The molecule has 1 N–H and O–H groups in total. The quantitative estimate of drug-likeness (QED) is 0.861. The summed E-state index contributed by atoms with van der Waals surface area (Å²) in [5.41, 5.74) is 2.73. The van der Waals surface area contributed by atoms with Gasteiger partial charge in [-0.15, -0.1) is 0 Å². The number of nitrogens with one attached hydrogen (secondary N) is 1. The van der Waals surface area contributed by atoms with Crippen LogP contribution in [0.15, 0.2) is 40.9 Å². The average molecular weight is 352 g/mol. The second-order valence-electron chi connectivity index (χ2n) is 5.04. The molecule has 0 aromatic heterocycles. The molecule has 0 saturated carbocycles. The Morgan fingerprint density at radius 3 is 2.57 bits per heavy atom. The molecule has 1 atom stereocenters. The molecule has 0 aliphatic carbocycles. The van der Waals surface area contributed by atoms with E-state index in [0.29, 0.717) is 12.0 Å². The van der Waals surface area contributed by atoms with E-state index in [1.807, 2.05) is 44.3 Å².